The van der Waals surface area contributed by atoms with Crippen molar-refractivity contribution in [2.45, 2.75) is 27.2 Å². The molecule has 0 saturated carbocycles. The SMILES string of the molecule is CCc1cc(C(=O)O)nn1-c1cc(C)ccc1C. The van der Waals surface area contributed by atoms with Crippen LogP contribution in [0.15, 0.2) is 24.3 Å². The minimum Gasteiger partial charge on any atom is -0.476 e. The van der Waals surface area contributed by atoms with Gasteiger partial charge in [0.1, 0.15) is 0 Å². The molecule has 2 aromatic rings. The maximum atomic E-state index is 11.0. The topological polar surface area (TPSA) is 55.1 Å². The Morgan fingerprint density at radius 2 is 2.06 bits per heavy atom. The van der Waals surface area contributed by atoms with Crippen LogP contribution in [0.5, 0.6) is 0 Å². The van der Waals surface area contributed by atoms with E-state index in [1.165, 1.54) is 0 Å². The lowest BCUT2D eigenvalue weighted by Gasteiger charge is -2.10. The van der Waals surface area contributed by atoms with Gasteiger partial charge in [0, 0.05) is 5.69 Å². The monoisotopic (exact) mass is 244 g/mol. The Morgan fingerprint density at radius 3 is 2.67 bits per heavy atom. The molecule has 4 nitrogen and oxygen atoms in total. The van der Waals surface area contributed by atoms with Crippen LogP contribution in [0.25, 0.3) is 5.69 Å². The van der Waals surface area contributed by atoms with Crippen LogP contribution in [0.4, 0.5) is 0 Å². The van der Waals surface area contributed by atoms with Crippen LogP contribution in [0.3, 0.4) is 0 Å². The molecule has 0 atom stereocenters. The summed E-state index contributed by atoms with van der Waals surface area (Å²) in [5.74, 6) is -0.992. The van der Waals surface area contributed by atoms with Gasteiger partial charge in [0.05, 0.1) is 5.69 Å². The molecule has 0 amide bonds. The highest BCUT2D eigenvalue weighted by Crippen LogP contribution is 2.19. The van der Waals surface area contributed by atoms with E-state index in [9.17, 15) is 4.79 Å². The fourth-order valence-corrected chi connectivity index (χ4v) is 1.93. The van der Waals surface area contributed by atoms with Crippen LogP contribution in [0, 0.1) is 13.8 Å². The molecular weight excluding hydrogens is 228 g/mol. The van der Waals surface area contributed by atoms with Crippen LogP contribution in [-0.4, -0.2) is 20.9 Å². The van der Waals surface area contributed by atoms with Crippen LogP contribution in [0.2, 0.25) is 0 Å². The predicted octanol–water partition coefficient (Wildman–Crippen LogP) is 2.75. The molecule has 18 heavy (non-hydrogen) atoms. The average Bonchev–Trinajstić information content (AvgIpc) is 2.76. The summed E-state index contributed by atoms with van der Waals surface area (Å²) in [7, 11) is 0. The second-order valence-corrected chi connectivity index (χ2v) is 4.38. The number of aromatic carboxylic acids is 1. The summed E-state index contributed by atoms with van der Waals surface area (Å²) in [6.07, 6.45) is 0.744. The van der Waals surface area contributed by atoms with Gasteiger partial charge in [0.2, 0.25) is 0 Å². The molecule has 1 aromatic heterocycles. The molecule has 1 heterocycles. The average molecular weight is 244 g/mol. The lowest BCUT2D eigenvalue weighted by Crippen LogP contribution is -2.05. The zero-order valence-corrected chi connectivity index (χ0v) is 10.8. The lowest BCUT2D eigenvalue weighted by molar-refractivity contribution is 0.0690. The van der Waals surface area contributed by atoms with Crippen molar-refractivity contribution in [3.8, 4) is 5.69 Å². The number of aryl methyl sites for hydroxylation is 3. The van der Waals surface area contributed by atoms with E-state index in [0.29, 0.717) is 0 Å². The van der Waals surface area contributed by atoms with E-state index < -0.39 is 5.97 Å². The van der Waals surface area contributed by atoms with Crippen LogP contribution < -0.4 is 0 Å². The van der Waals surface area contributed by atoms with E-state index in [2.05, 4.69) is 5.10 Å². The number of hydrogen-bond donors (Lipinski definition) is 1. The standard InChI is InChI=1S/C14H16N2O2/c1-4-11-8-12(14(17)18)15-16(11)13-7-9(2)5-6-10(13)3/h5-8H,4H2,1-3H3,(H,17,18). The molecule has 2 rings (SSSR count). The van der Waals surface area contributed by atoms with Gasteiger partial charge in [-0.2, -0.15) is 5.10 Å². The molecule has 0 radical (unpaired) electrons. The van der Waals surface area contributed by atoms with Gasteiger partial charge in [-0.15, -0.1) is 0 Å². The van der Waals surface area contributed by atoms with Gasteiger partial charge in [-0.3, -0.25) is 0 Å². The van der Waals surface area contributed by atoms with Gasteiger partial charge in [0.15, 0.2) is 5.69 Å². The van der Waals surface area contributed by atoms with E-state index in [-0.39, 0.29) is 5.69 Å². The molecule has 0 saturated heterocycles. The number of carboxylic acid groups (broad SMARTS) is 1. The first kappa shape index (κ1) is 12.4. The number of carbonyl (C=O) groups is 1. The van der Waals surface area contributed by atoms with Crippen molar-refractivity contribution in [1.82, 2.24) is 9.78 Å². The van der Waals surface area contributed by atoms with E-state index in [1.807, 2.05) is 39.0 Å². The van der Waals surface area contributed by atoms with Crippen LogP contribution in [-0.2, 0) is 6.42 Å². The first-order valence-electron chi connectivity index (χ1n) is 5.92. The van der Waals surface area contributed by atoms with Gasteiger partial charge in [-0.05, 0) is 43.5 Å². The van der Waals surface area contributed by atoms with Crippen LogP contribution >= 0.6 is 0 Å². The van der Waals surface area contributed by atoms with E-state index in [4.69, 9.17) is 5.11 Å². The molecule has 4 heteroatoms. The summed E-state index contributed by atoms with van der Waals surface area (Å²) >= 11 is 0. The second kappa shape index (κ2) is 4.64. The second-order valence-electron chi connectivity index (χ2n) is 4.38. The quantitative estimate of drug-likeness (QED) is 0.903. The van der Waals surface area contributed by atoms with Crippen molar-refractivity contribution < 1.29 is 9.90 Å². The Balaban J connectivity index is 2.62. The van der Waals surface area contributed by atoms with Crippen molar-refractivity contribution in [2.24, 2.45) is 0 Å². The van der Waals surface area contributed by atoms with E-state index in [0.717, 1.165) is 28.9 Å². The smallest absolute Gasteiger partial charge is 0.356 e. The van der Waals surface area contributed by atoms with Gasteiger partial charge in [-0.1, -0.05) is 19.1 Å². The van der Waals surface area contributed by atoms with Crippen molar-refractivity contribution in [3.05, 3.63) is 46.8 Å². The number of nitrogens with zero attached hydrogens (tertiary/aromatic N) is 2. The summed E-state index contributed by atoms with van der Waals surface area (Å²) in [5, 5.41) is 13.2. The zero-order valence-electron chi connectivity index (χ0n) is 10.8. The summed E-state index contributed by atoms with van der Waals surface area (Å²) < 4.78 is 1.73. The van der Waals surface area contributed by atoms with Gasteiger partial charge in [0.25, 0.3) is 0 Å². The van der Waals surface area contributed by atoms with Gasteiger partial charge < -0.3 is 5.11 Å². The molecular formula is C14H16N2O2. The Bertz CT molecular complexity index is 600. The molecule has 0 aliphatic carbocycles. The molecule has 0 bridgehead atoms. The minimum absolute atomic E-state index is 0.0905. The normalized spacial score (nSPS) is 10.6. The highest BCUT2D eigenvalue weighted by Gasteiger charge is 2.14. The Kier molecular flexibility index (Phi) is 3.19. The number of rotatable bonds is 3. The molecule has 0 aliphatic heterocycles. The molecule has 0 aliphatic rings. The maximum absolute atomic E-state index is 11.0. The third kappa shape index (κ3) is 2.14. The minimum atomic E-state index is -0.992. The third-order valence-corrected chi connectivity index (χ3v) is 2.96. The number of carboxylic acids is 1. The highest BCUT2D eigenvalue weighted by molar-refractivity contribution is 5.85. The Hall–Kier alpha value is -2.10. The summed E-state index contributed by atoms with van der Waals surface area (Å²) in [6, 6.07) is 7.70. The number of benzene rings is 1. The van der Waals surface area contributed by atoms with E-state index in [1.54, 1.807) is 10.7 Å². The third-order valence-electron chi connectivity index (χ3n) is 2.96. The fourth-order valence-electron chi connectivity index (χ4n) is 1.93. The number of hydrogen-bond acceptors (Lipinski definition) is 2. The van der Waals surface area contributed by atoms with E-state index >= 15 is 0 Å². The lowest BCUT2D eigenvalue weighted by atomic mass is 10.1. The summed E-state index contributed by atoms with van der Waals surface area (Å²) in [5.41, 5.74) is 4.15. The summed E-state index contributed by atoms with van der Waals surface area (Å²) in [6.45, 7) is 6.00. The summed E-state index contributed by atoms with van der Waals surface area (Å²) in [4.78, 5) is 11.0. The molecule has 0 spiro atoms. The van der Waals surface area contributed by atoms with Crippen molar-refractivity contribution in [1.29, 1.82) is 0 Å². The Morgan fingerprint density at radius 1 is 1.33 bits per heavy atom. The largest absolute Gasteiger partial charge is 0.476 e. The molecule has 0 fully saturated rings. The molecule has 94 valence electrons. The maximum Gasteiger partial charge on any atom is 0.356 e. The molecule has 1 aromatic carbocycles. The van der Waals surface area contributed by atoms with Crippen LogP contribution in [0.1, 0.15) is 34.2 Å². The van der Waals surface area contributed by atoms with Gasteiger partial charge in [-0.25, -0.2) is 9.48 Å². The first-order valence-corrected chi connectivity index (χ1v) is 5.92. The molecule has 0 unspecified atom stereocenters. The number of aromatic nitrogens is 2. The Labute approximate surface area is 106 Å². The van der Waals surface area contributed by atoms with Gasteiger partial charge >= 0.3 is 5.97 Å². The first-order chi connectivity index (χ1) is 8.52. The fraction of sp³-hybridized carbons (Fsp3) is 0.286. The molecule has 1 N–H and O–H groups in total. The highest BCUT2D eigenvalue weighted by atomic mass is 16.4. The van der Waals surface area contributed by atoms with Crippen molar-refractivity contribution in [2.75, 3.05) is 0 Å². The van der Waals surface area contributed by atoms with Crippen molar-refractivity contribution in [3.63, 3.8) is 0 Å². The zero-order chi connectivity index (χ0) is 13.3. The van der Waals surface area contributed by atoms with Crippen molar-refractivity contribution >= 4 is 5.97 Å². The predicted molar refractivity (Wildman–Crippen MR) is 69.4 cm³/mol.